The number of carbonyl (C=O) groups excluding carboxylic acids is 7. The van der Waals surface area contributed by atoms with Crippen LogP contribution >= 0.6 is 0 Å². The number of ketones is 5. The molecule has 0 radical (unpaired) electrons. The predicted molar refractivity (Wildman–Crippen MR) is 47.5 cm³/mol. The lowest BCUT2D eigenvalue weighted by Gasteiger charge is -1.96. The highest BCUT2D eigenvalue weighted by Crippen LogP contribution is 1.90. The summed E-state index contributed by atoms with van der Waals surface area (Å²) in [5.74, 6) is -12.0. The van der Waals surface area contributed by atoms with E-state index < -0.39 is 40.9 Å². The fraction of sp³-hybridized carbons (Fsp3) is 0.222. The minimum absolute atomic E-state index is 0.714. The number of ether oxygens (including phenoxy) is 1. The van der Waals surface area contributed by atoms with Crippen LogP contribution < -0.4 is 0 Å². The molecule has 0 heterocycles. The fourth-order valence-corrected chi connectivity index (χ4v) is 0.636. The SMILES string of the molecule is CC(=O)OC(=O)C(=O)C(=O)C(=O)C(=O)C(C)=O. The Kier molecular flexibility index (Phi) is 4.72. The molecule has 0 N–H and O–H groups in total. The van der Waals surface area contributed by atoms with E-state index in [2.05, 4.69) is 4.74 Å². The van der Waals surface area contributed by atoms with Crippen molar-refractivity contribution >= 4 is 40.9 Å². The summed E-state index contributed by atoms with van der Waals surface area (Å²) >= 11 is 0. The first kappa shape index (κ1) is 14.5. The molecular formula is C9H6O8. The molecule has 0 aliphatic carbocycles. The number of hydrogen-bond donors (Lipinski definition) is 0. The Labute approximate surface area is 93.9 Å². The maximum Gasteiger partial charge on any atom is 0.391 e. The van der Waals surface area contributed by atoms with Crippen molar-refractivity contribution in [2.24, 2.45) is 0 Å². The average molecular weight is 242 g/mol. The summed E-state index contributed by atoms with van der Waals surface area (Å²) in [6.07, 6.45) is 0. The molecule has 8 nitrogen and oxygen atoms in total. The molecule has 0 aliphatic heterocycles. The summed E-state index contributed by atoms with van der Waals surface area (Å²) < 4.78 is 3.73. The first-order chi connectivity index (χ1) is 7.68. The van der Waals surface area contributed by atoms with Gasteiger partial charge >= 0.3 is 17.7 Å². The van der Waals surface area contributed by atoms with Crippen molar-refractivity contribution in [1.29, 1.82) is 0 Å². The zero-order valence-electron chi connectivity index (χ0n) is 8.77. The fourth-order valence-electron chi connectivity index (χ4n) is 0.636. The number of esters is 2. The molecule has 8 heteroatoms. The molecule has 0 spiro atoms. The molecule has 0 rings (SSSR count). The predicted octanol–water partition coefficient (Wildman–Crippen LogP) is -2.06. The summed E-state index contributed by atoms with van der Waals surface area (Å²) in [5.41, 5.74) is 0. The summed E-state index contributed by atoms with van der Waals surface area (Å²) in [6, 6.07) is 0. The highest BCUT2D eigenvalue weighted by Gasteiger charge is 2.36. The van der Waals surface area contributed by atoms with E-state index in [1.807, 2.05) is 0 Å². The number of rotatable bonds is 5. The van der Waals surface area contributed by atoms with E-state index in [4.69, 9.17) is 0 Å². The Balaban J connectivity index is 4.84. The van der Waals surface area contributed by atoms with Gasteiger partial charge in [-0.05, 0) is 0 Å². The molecule has 0 aliphatic rings. The van der Waals surface area contributed by atoms with Crippen molar-refractivity contribution in [3.8, 4) is 0 Å². The van der Waals surface area contributed by atoms with Crippen LogP contribution in [0.2, 0.25) is 0 Å². The van der Waals surface area contributed by atoms with Crippen molar-refractivity contribution in [2.75, 3.05) is 0 Å². The number of hydrogen-bond acceptors (Lipinski definition) is 8. The monoisotopic (exact) mass is 242 g/mol. The van der Waals surface area contributed by atoms with Crippen LogP contribution in [-0.2, 0) is 38.3 Å². The minimum Gasteiger partial charge on any atom is -0.387 e. The summed E-state index contributed by atoms with van der Waals surface area (Å²) in [6.45, 7) is 1.50. The maximum absolute atomic E-state index is 10.9. The van der Waals surface area contributed by atoms with Gasteiger partial charge in [-0.25, -0.2) is 4.79 Å². The van der Waals surface area contributed by atoms with E-state index in [1.54, 1.807) is 0 Å². The highest BCUT2D eigenvalue weighted by molar-refractivity contribution is 6.91. The highest BCUT2D eigenvalue weighted by atomic mass is 16.6. The smallest absolute Gasteiger partial charge is 0.387 e. The van der Waals surface area contributed by atoms with Crippen LogP contribution in [0.3, 0.4) is 0 Å². The number of Topliss-reactive ketones (excluding diaryl/α,β-unsaturated/α-hetero) is 5. The standard InChI is InChI=1S/C9H6O8/c1-3(10)5(12)6(13)7(14)8(15)9(16)17-4(2)11/h1-2H3. The van der Waals surface area contributed by atoms with Gasteiger partial charge in [-0.2, -0.15) is 0 Å². The van der Waals surface area contributed by atoms with Crippen LogP contribution in [0.15, 0.2) is 0 Å². The van der Waals surface area contributed by atoms with E-state index >= 15 is 0 Å². The molecule has 0 fully saturated rings. The van der Waals surface area contributed by atoms with E-state index in [1.165, 1.54) is 0 Å². The van der Waals surface area contributed by atoms with Crippen LogP contribution in [0, 0.1) is 0 Å². The second-order valence-electron chi connectivity index (χ2n) is 2.75. The first-order valence-corrected chi connectivity index (χ1v) is 4.09. The topological polar surface area (TPSA) is 129 Å². The van der Waals surface area contributed by atoms with Crippen molar-refractivity contribution in [2.45, 2.75) is 13.8 Å². The van der Waals surface area contributed by atoms with E-state index in [-0.39, 0.29) is 0 Å². The second-order valence-corrected chi connectivity index (χ2v) is 2.75. The van der Waals surface area contributed by atoms with E-state index in [9.17, 15) is 33.6 Å². The zero-order chi connectivity index (χ0) is 13.7. The van der Waals surface area contributed by atoms with Crippen molar-refractivity contribution in [3.05, 3.63) is 0 Å². The Morgan fingerprint density at radius 2 is 1.06 bits per heavy atom. The third-order valence-corrected chi connectivity index (χ3v) is 1.36. The quantitative estimate of drug-likeness (QED) is 0.305. The van der Waals surface area contributed by atoms with Crippen molar-refractivity contribution in [3.63, 3.8) is 0 Å². The molecule has 17 heavy (non-hydrogen) atoms. The average Bonchev–Trinajstić information content (AvgIpc) is 2.23. The molecule has 0 saturated heterocycles. The van der Waals surface area contributed by atoms with Gasteiger partial charge in [0.15, 0.2) is 0 Å². The van der Waals surface area contributed by atoms with Gasteiger partial charge in [0.25, 0.3) is 17.3 Å². The van der Waals surface area contributed by atoms with Gasteiger partial charge in [0, 0.05) is 13.8 Å². The zero-order valence-corrected chi connectivity index (χ0v) is 8.77. The minimum atomic E-state index is -2.02. The first-order valence-electron chi connectivity index (χ1n) is 4.09. The summed E-state index contributed by atoms with van der Waals surface area (Å²) in [4.78, 5) is 74.9. The van der Waals surface area contributed by atoms with Crippen molar-refractivity contribution in [1.82, 2.24) is 0 Å². The molecule has 0 aromatic rings. The molecular weight excluding hydrogens is 236 g/mol. The van der Waals surface area contributed by atoms with Gasteiger partial charge < -0.3 is 4.74 Å². The molecule has 0 atom stereocenters. The Morgan fingerprint density at radius 3 is 1.41 bits per heavy atom. The second kappa shape index (κ2) is 5.54. The molecule has 0 saturated carbocycles. The molecule has 90 valence electrons. The van der Waals surface area contributed by atoms with Gasteiger partial charge in [0.1, 0.15) is 0 Å². The molecule has 0 aromatic carbocycles. The van der Waals surface area contributed by atoms with Crippen LogP contribution in [0.1, 0.15) is 13.8 Å². The van der Waals surface area contributed by atoms with Crippen LogP contribution in [-0.4, -0.2) is 40.9 Å². The number of carbonyl (C=O) groups is 7. The lowest BCUT2D eigenvalue weighted by atomic mass is 10.1. The Bertz CT molecular complexity index is 456. The maximum atomic E-state index is 10.9. The van der Waals surface area contributed by atoms with Gasteiger partial charge in [0.05, 0.1) is 0 Å². The van der Waals surface area contributed by atoms with Gasteiger partial charge in [-0.3, -0.25) is 28.8 Å². The molecule has 0 amide bonds. The lowest BCUT2D eigenvalue weighted by molar-refractivity contribution is -0.165. The summed E-state index contributed by atoms with van der Waals surface area (Å²) in [5, 5.41) is 0. The Hall–Kier alpha value is -2.51. The third kappa shape index (κ3) is 3.86. The van der Waals surface area contributed by atoms with Crippen LogP contribution in [0.4, 0.5) is 0 Å². The van der Waals surface area contributed by atoms with Gasteiger partial charge in [-0.1, -0.05) is 0 Å². The molecule has 0 bridgehead atoms. The van der Waals surface area contributed by atoms with E-state index in [0.29, 0.717) is 6.92 Å². The van der Waals surface area contributed by atoms with Gasteiger partial charge in [-0.15, -0.1) is 0 Å². The molecule has 0 unspecified atom stereocenters. The van der Waals surface area contributed by atoms with E-state index in [0.717, 1.165) is 6.92 Å². The Morgan fingerprint density at radius 1 is 0.647 bits per heavy atom. The third-order valence-electron chi connectivity index (χ3n) is 1.36. The largest absolute Gasteiger partial charge is 0.391 e. The van der Waals surface area contributed by atoms with Crippen molar-refractivity contribution < 1.29 is 38.3 Å². The van der Waals surface area contributed by atoms with Crippen LogP contribution in [0.25, 0.3) is 0 Å². The lowest BCUT2D eigenvalue weighted by Crippen LogP contribution is -2.38. The normalized spacial score (nSPS) is 9.06. The van der Waals surface area contributed by atoms with Gasteiger partial charge in [0.2, 0.25) is 5.78 Å². The summed E-state index contributed by atoms with van der Waals surface area (Å²) in [7, 11) is 0. The van der Waals surface area contributed by atoms with Crippen LogP contribution in [0.5, 0.6) is 0 Å². The molecule has 0 aromatic heterocycles.